The molecular weight excluding hydrogens is 452 g/mol. The van der Waals surface area contributed by atoms with E-state index in [0.29, 0.717) is 24.3 Å². The number of piperidine rings is 1. The molecule has 1 fully saturated rings. The van der Waals surface area contributed by atoms with Gasteiger partial charge < -0.3 is 10.2 Å². The molecule has 4 rings (SSSR count). The van der Waals surface area contributed by atoms with E-state index in [1.54, 1.807) is 37.4 Å². The van der Waals surface area contributed by atoms with Gasteiger partial charge >= 0.3 is 0 Å². The molecule has 1 amide bonds. The molecule has 0 atom stereocenters. The number of amides is 1. The van der Waals surface area contributed by atoms with Gasteiger partial charge in [-0.1, -0.05) is 24.6 Å². The topological polar surface area (TPSA) is 116 Å². The summed E-state index contributed by atoms with van der Waals surface area (Å²) >= 11 is 0. The van der Waals surface area contributed by atoms with Crippen molar-refractivity contribution in [3.63, 3.8) is 0 Å². The number of benzene rings is 2. The highest BCUT2D eigenvalue weighted by atomic mass is 32.2. The molecule has 170 valence electrons. The number of carbonyl (C=O) groups is 1. The van der Waals surface area contributed by atoms with Crippen molar-refractivity contribution >= 4 is 37.5 Å². The Bertz CT molecular complexity index is 1280. The summed E-state index contributed by atoms with van der Waals surface area (Å²) in [5.41, 5.74) is 0.792. The highest BCUT2D eigenvalue weighted by molar-refractivity contribution is 7.90. The molecule has 0 aromatic heterocycles. The summed E-state index contributed by atoms with van der Waals surface area (Å²) < 4.78 is 55.5. The number of nitrogens with zero attached hydrogens (tertiary/aromatic N) is 3. The van der Waals surface area contributed by atoms with Crippen LogP contribution in [0.2, 0.25) is 0 Å². The highest BCUT2D eigenvalue weighted by Gasteiger charge is 2.31. The third-order valence-corrected chi connectivity index (χ3v) is 8.65. The average Bonchev–Trinajstić information content (AvgIpc) is 3.06. The minimum atomic E-state index is -3.78. The van der Waals surface area contributed by atoms with E-state index >= 15 is 0 Å². The highest BCUT2D eigenvalue weighted by Crippen LogP contribution is 2.27. The van der Waals surface area contributed by atoms with Crippen molar-refractivity contribution in [2.45, 2.75) is 29.1 Å². The third kappa shape index (κ3) is 4.41. The second kappa shape index (κ2) is 8.64. The van der Waals surface area contributed by atoms with Crippen LogP contribution in [0.4, 0.5) is 5.69 Å². The van der Waals surface area contributed by atoms with E-state index in [9.17, 15) is 21.6 Å². The van der Waals surface area contributed by atoms with Crippen LogP contribution in [-0.4, -0.2) is 64.5 Å². The lowest BCUT2D eigenvalue weighted by Crippen LogP contribution is -2.36. The first-order chi connectivity index (χ1) is 15.2. The number of anilines is 1. The van der Waals surface area contributed by atoms with Crippen LogP contribution in [0.25, 0.3) is 0 Å². The maximum absolute atomic E-state index is 12.9. The van der Waals surface area contributed by atoms with Crippen molar-refractivity contribution in [2.75, 3.05) is 32.0 Å². The van der Waals surface area contributed by atoms with Gasteiger partial charge in [-0.2, -0.15) is 12.7 Å². The molecule has 2 aromatic rings. The Morgan fingerprint density at radius 2 is 1.81 bits per heavy atom. The quantitative estimate of drug-likeness (QED) is 0.704. The van der Waals surface area contributed by atoms with Crippen molar-refractivity contribution < 1.29 is 21.6 Å². The molecule has 1 N–H and O–H groups in total. The van der Waals surface area contributed by atoms with Gasteiger partial charge in [0.15, 0.2) is 5.84 Å². The number of sulfonamides is 2. The lowest BCUT2D eigenvalue weighted by molar-refractivity contribution is -0.116. The van der Waals surface area contributed by atoms with E-state index in [1.165, 1.54) is 27.4 Å². The number of amidine groups is 1. The van der Waals surface area contributed by atoms with E-state index in [0.717, 1.165) is 19.3 Å². The minimum Gasteiger partial charge on any atom is -0.349 e. The molecule has 9 nitrogen and oxygen atoms in total. The Morgan fingerprint density at radius 1 is 1.09 bits per heavy atom. The standard InChI is InChI=1S/C21H24N4O5S2/c1-24(21-18-10-3-4-11-19(18)31(27,28)23-21)15-20(26)22-16-8-7-9-17(14-16)32(29,30)25-12-5-2-6-13-25/h3-4,7-11,14H,2,5-6,12-13,15H2,1H3,(H,22,26). The van der Waals surface area contributed by atoms with Crippen molar-refractivity contribution in [1.82, 2.24) is 9.21 Å². The molecule has 0 saturated carbocycles. The second-order valence-electron chi connectivity index (χ2n) is 7.78. The Balaban J connectivity index is 1.47. The number of nitrogens with one attached hydrogen (secondary N) is 1. The lowest BCUT2D eigenvalue weighted by Gasteiger charge is -2.26. The largest absolute Gasteiger partial charge is 0.349 e. The summed E-state index contributed by atoms with van der Waals surface area (Å²) in [6.07, 6.45) is 2.70. The molecule has 1 saturated heterocycles. The zero-order chi connectivity index (χ0) is 22.9. The van der Waals surface area contributed by atoms with Gasteiger partial charge in [0.25, 0.3) is 10.0 Å². The molecule has 0 unspecified atom stereocenters. The van der Waals surface area contributed by atoms with Gasteiger partial charge in [0.1, 0.15) is 4.90 Å². The maximum Gasteiger partial charge on any atom is 0.285 e. The first-order valence-electron chi connectivity index (χ1n) is 10.2. The number of rotatable bonds is 5. The Hall–Kier alpha value is -2.76. The zero-order valence-corrected chi connectivity index (χ0v) is 19.2. The molecule has 32 heavy (non-hydrogen) atoms. The Labute approximate surface area is 187 Å². The van der Waals surface area contributed by atoms with Gasteiger partial charge in [0.2, 0.25) is 15.9 Å². The third-order valence-electron chi connectivity index (χ3n) is 5.43. The molecule has 2 aliphatic heterocycles. The summed E-state index contributed by atoms with van der Waals surface area (Å²) in [5.74, 6) is -0.235. The summed E-state index contributed by atoms with van der Waals surface area (Å²) in [5, 5.41) is 2.69. The van der Waals surface area contributed by atoms with Crippen molar-refractivity contribution in [2.24, 2.45) is 4.40 Å². The molecule has 0 radical (unpaired) electrons. The lowest BCUT2D eigenvalue weighted by atomic mass is 10.2. The van der Waals surface area contributed by atoms with E-state index in [4.69, 9.17) is 0 Å². The molecule has 2 aromatic carbocycles. The van der Waals surface area contributed by atoms with Crippen LogP contribution < -0.4 is 5.32 Å². The van der Waals surface area contributed by atoms with E-state index in [1.807, 2.05) is 0 Å². The van der Waals surface area contributed by atoms with Crippen LogP contribution in [-0.2, 0) is 24.8 Å². The summed E-state index contributed by atoms with van der Waals surface area (Å²) in [6, 6.07) is 12.6. The van der Waals surface area contributed by atoms with Crippen LogP contribution in [0.15, 0.2) is 62.7 Å². The average molecular weight is 477 g/mol. The Kier molecular flexibility index (Phi) is 6.06. The minimum absolute atomic E-state index is 0.109. The van der Waals surface area contributed by atoms with Gasteiger partial charge in [0.05, 0.1) is 11.4 Å². The van der Waals surface area contributed by atoms with E-state index < -0.39 is 26.0 Å². The van der Waals surface area contributed by atoms with Crippen LogP contribution in [0.3, 0.4) is 0 Å². The molecule has 0 aliphatic carbocycles. The van der Waals surface area contributed by atoms with Crippen molar-refractivity contribution in [1.29, 1.82) is 0 Å². The summed E-state index contributed by atoms with van der Waals surface area (Å²) in [4.78, 5) is 14.3. The Morgan fingerprint density at radius 3 is 2.56 bits per heavy atom. The first-order valence-corrected chi connectivity index (χ1v) is 13.1. The fourth-order valence-electron chi connectivity index (χ4n) is 3.84. The zero-order valence-electron chi connectivity index (χ0n) is 17.6. The monoisotopic (exact) mass is 476 g/mol. The number of hydrogen-bond donors (Lipinski definition) is 1. The van der Waals surface area contributed by atoms with Gasteiger partial charge in [-0.05, 0) is 43.2 Å². The van der Waals surface area contributed by atoms with E-state index in [-0.39, 0.29) is 22.2 Å². The molecule has 2 heterocycles. The molecular formula is C21H24N4O5S2. The fourth-order valence-corrected chi connectivity index (χ4v) is 6.66. The van der Waals surface area contributed by atoms with Gasteiger partial charge in [-0.3, -0.25) is 4.79 Å². The van der Waals surface area contributed by atoms with Crippen LogP contribution >= 0.6 is 0 Å². The van der Waals surface area contributed by atoms with Crippen molar-refractivity contribution in [3.05, 3.63) is 54.1 Å². The van der Waals surface area contributed by atoms with Crippen molar-refractivity contribution in [3.8, 4) is 0 Å². The first kappa shape index (κ1) is 22.4. The van der Waals surface area contributed by atoms with Crippen LogP contribution in [0.1, 0.15) is 24.8 Å². The van der Waals surface area contributed by atoms with Crippen LogP contribution in [0, 0.1) is 0 Å². The smallest absolute Gasteiger partial charge is 0.285 e. The molecule has 11 heteroatoms. The van der Waals surface area contributed by atoms with Gasteiger partial charge in [-0.15, -0.1) is 4.40 Å². The summed E-state index contributed by atoms with van der Waals surface area (Å²) in [7, 11) is -5.82. The van der Waals surface area contributed by atoms with Gasteiger partial charge in [-0.25, -0.2) is 8.42 Å². The molecule has 2 aliphatic rings. The van der Waals surface area contributed by atoms with E-state index in [2.05, 4.69) is 9.71 Å². The predicted octanol–water partition coefficient (Wildman–Crippen LogP) is 1.88. The predicted molar refractivity (Wildman–Crippen MR) is 120 cm³/mol. The second-order valence-corrected chi connectivity index (χ2v) is 11.3. The van der Waals surface area contributed by atoms with Crippen LogP contribution in [0.5, 0.6) is 0 Å². The molecule has 0 spiro atoms. The maximum atomic E-state index is 12.9. The normalized spacial score (nSPS) is 18.0. The van der Waals surface area contributed by atoms with Gasteiger partial charge in [0, 0.05) is 31.4 Å². The summed E-state index contributed by atoms with van der Waals surface area (Å²) in [6.45, 7) is 0.832. The number of carbonyl (C=O) groups excluding carboxylic acids is 1. The number of likely N-dealkylation sites (N-methyl/N-ethyl adjacent to an activating group) is 1. The fraction of sp³-hybridized carbons (Fsp3) is 0.333. The SMILES string of the molecule is CN(CC(=O)Nc1cccc(S(=O)(=O)N2CCCCC2)c1)C1=NS(=O)(=O)c2ccccc21. The number of fused-ring (bicyclic) bond motifs is 1. The number of hydrogen-bond acceptors (Lipinski definition) is 6. The molecule has 0 bridgehead atoms.